The van der Waals surface area contributed by atoms with E-state index in [-0.39, 0.29) is 12.2 Å². The van der Waals surface area contributed by atoms with Crippen LogP contribution in [-0.2, 0) is 6.61 Å². The fourth-order valence-electron chi connectivity index (χ4n) is 1.64. The second-order valence-corrected chi connectivity index (χ2v) is 3.93. The molecule has 0 radical (unpaired) electrons. The second kappa shape index (κ2) is 5.48. The molecule has 2 rings (SSSR count). The Labute approximate surface area is 110 Å². The monoisotopic (exact) mass is 261 g/mol. The van der Waals surface area contributed by atoms with Crippen molar-refractivity contribution < 1.29 is 23.8 Å². The number of aromatic carboxylic acids is 1. The molecule has 0 aliphatic carbocycles. The van der Waals surface area contributed by atoms with Crippen LogP contribution in [0.1, 0.15) is 21.9 Å². The van der Waals surface area contributed by atoms with Crippen LogP contribution in [0.4, 0.5) is 0 Å². The standard InChI is InChI=1S/C14H14O5/c1-9-13(14(15)16)7-12(19-9)8-18-11-5-3-10(17-2)4-6-11/h3-7H,8H2,1-2H3,(H,15,16)/p-1. The van der Waals surface area contributed by atoms with Crippen LogP contribution >= 0.6 is 0 Å². The maximum atomic E-state index is 10.8. The number of carbonyl (C=O) groups excluding carboxylic acids is 1. The highest BCUT2D eigenvalue weighted by atomic mass is 16.5. The number of carboxylic acids is 1. The molecule has 5 heteroatoms. The number of rotatable bonds is 5. The van der Waals surface area contributed by atoms with Crippen molar-refractivity contribution in [2.45, 2.75) is 13.5 Å². The highest BCUT2D eigenvalue weighted by Gasteiger charge is 2.08. The van der Waals surface area contributed by atoms with Crippen LogP contribution in [0.5, 0.6) is 11.5 Å². The summed E-state index contributed by atoms with van der Waals surface area (Å²) in [7, 11) is 1.59. The maximum absolute atomic E-state index is 10.8. The highest BCUT2D eigenvalue weighted by molar-refractivity contribution is 5.86. The average molecular weight is 261 g/mol. The van der Waals surface area contributed by atoms with Gasteiger partial charge in [-0.15, -0.1) is 0 Å². The van der Waals surface area contributed by atoms with Gasteiger partial charge in [0.1, 0.15) is 29.6 Å². The lowest BCUT2D eigenvalue weighted by Crippen LogP contribution is -2.22. The molecule has 0 amide bonds. The van der Waals surface area contributed by atoms with E-state index in [0.29, 0.717) is 17.3 Å². The van der Waals surface area contributed by atoms with E-state index in [1.807, 2.05) is 0 Å². The molecule has 0 aliphatic rings. The number of ether oxygens (including phenoxy) is 2. The van der Waals surface area contributed by atoms with E-state index in [9.17, 15) is 9.90 Å². The predicted molar refractivity (Wildman–Crippen MR) is 65.1 cm³/mol. The van der Waals surface area contributed by atoms with Crippen molar-refractivity contribution in [3.8, 4) is 11.5 Å². The van der Waals surface area contributed by atoms with Gasteiger partial charge in [-0.25, -0.2) is 0 Å². The summed E-state index contributed by atoms with van der Waals surface area (Å²) in [5, 5.41) is 10.8. The Balaban J connectivity index is 2.01. The molecule has 1 heterocycles. The van der Waals surface area contributed by atoms with Gasteiger partial charge in [0.15, 0.2) is 0 Å². The molecular formula is C14H13O5-. The van der Waals surface area contributed by atoms with Crippen molar-refractivity contribution >= 4 is 5.97 Å². The van der Waals surface area contributed by atoms with Gasteiger partial charge >= 0.3 is 0 Å². The molecule has 100 valence electrons. The van der Waals surface area contributed by atoms with Gasteiger partial charge in [-0.2, -0.15) is 0 Å². The van der Waals surface area contributed by atoms with Gasteiger partial charge in [-0.05, 0) is 37.3 Å². The van der Waals surface area contributed by atoms with Crippen LogP contribution in [0, 0.1) is 6.92 Å². The van der Waals surface area contributed by atoms with Crippen LogP contribution in [0.2, 0.25) is 0 Å². The van der Waals surface area contributed by atoms with Crippen LogP contribution in [0.15, 0.2) is 34.7 Å². The molecular weight excluding hydrogens is 248 g/mol. The maximum Gasteiger partial charge on any atom is 0.146 e. The zero-order chi connectivity index (χ0) is 13.8. The Morgan fingerprint density at radius 1 is 1.26 bits per heavy atom. The third-order valence-corrected chi connectivity index (χ3v) is 2.63. The van der Waals surface area contributed by atoms with Crippen LogP contribution in [0.25, 0.3) is 0 Å². The van der Waals surface area contributed by atoms with Crippen molar-refractivity contribution in [2.24, 2.45) is 0 Å². The van der Waals surface area contributed by atoms with E-state index >= 15 is 0 Å². The summed E-state index contributed by atoms with van der Waals surface area (Å²) in [6, 6.07) is 8.47. The lowest BCUT2D eigenvalue weighted by atomic mass is 10.2. The van der Waals surface area contributed by atoms with E-state index in [0.717, 1.165) is 5.75 Å². The molecule has 2 aromatic rings. The summed E-state index contributed by atoms with van der Waals surface area (Å²) >= 11 is 0. The number of carboxylic acid groups (broad SMARTS) is 1. The van der Waals surface area contributed by atoms with Gasteiger partial charge in [0.2, 0.25) is 0 Å². The summed E-state index contributed by atoms with van der Waals surface area (Å²) in [6.07, 6.45) is 0. The van der Waals surface area contributed by atoms with Crippen LogP contribution < -0.4 is 14.6 Å². The first kappa shape index (κ1) is 13.0. The summed E-state index contributed by atoms with van der Waals surface area (Å²) in [4.78, 5) is 10.8. The molecule has 1 aromatic heterocycles. The minimum absolute atomic E-state index is 0.0494. The largest absolute Gasteiger partial charge is 0.545 e. The third-order valence-electron chi connectivity index (χ3n) is 2.63. The Morgan fingerprint density at radius 3 is 2.42 bits per heavy atom. The van der Waals surface area contributed by atoms with Gasteiger partial charge in [0.25, 0.3) is 0 Å². The minimum atomic E-state index is -1.25. The van der Waals surface area contributed by atoms with E-state index in [4.69, 9.17) is 13.9 Å². The van der Waals surface area contributed by atoms with Gasteiger partial charge in [-0.1, -0.05) is 0 Å². The Bertz CT molecular complexity index is 568. The molecule has 0 fully saturated rings. The molecule has 0 aliphatic heterocycles. The molecule has 0 unspecified atom stereocenters. The summed E-state index contributed by atoms with van der Waals surface area (Å²) in [5.41, 5.74) is 0.0494. The van der Waals surface area contributed by atoms with Gasteiger partial charge in [0, 0.05) is 5.56 Å². The first-order valence-electron chi connectivity index (χ1n) is 5.67. The van der Waals surface area contributed by atoms with Gasteiger partial charge in [0.05, 0.1) is 13.1 Å². The van der Waals surface area contributed by atoms with Crippen molar-refractivity contribution in [1.29, 1.82) is 0 Å². The summed E-state index contributed by atoms with van der Waals surface area (Å²) < 4.78 is 15.8. The smallest absolute Gasteiger partial charge is 0.146 e. The van der Waals surface area contributed by atoms with Gasteiger partial charge in [-0.3, -0.25) is 0 Å². The predicted octanol–water partition coefficient (Wildman–Crippen LogP) is 1.54. The SMILES string of the molecule is COc1ccc(OCc2cc(C(=O)[O-])c(C)o2)cc1. The minimum Gasteiger partial charge on any atom is -0.545 e. The fraction of sp³-hybridized carbons (Fsp3) is 0.214. The second-order valence-electron chi connectivity index (χ2n) is 3.93. The van der Waals surface area contributed by atoms with E-state index < -0.39 is 5.97 Å². The molecule has 0 N–H and O–H groups in total. The van der Waals surface area contributed by atoms with E-state index in [2.05, 4.69) is 0 Å². The van der Waals surface area contributed by atoms with Gasteiger partial charge < -0.3 is 23.8 Å². The Kier molecular flexibility index (Phi) is 3.75. The summed E-state index contributed by atoms with van der Waals surface area (Å²) in [6.45, 7) is 1.72. The van der Waals surface area contributed by atoms with E-state index in [1.165, 1.54) is 6.07 Å². The summed E-state index contributed by atoms with van der Waals surface area (Å²) in [5.74, 6) is 0.878. The molecule has 19 heavy (non-hydrogen) atoms. The topological polar surface area (TPSA) is 71.7 Å². The molecule has 5 nitrogen and oxygen atoms in total. The Morgan fingerprint density at radius 2 is 1.89 bits per heavy atom. The van der Waals surface area contributed by atoms with Crippen molar-refractivity contribution in [1.82, 2.24) is 0 Å². The number of methoxy groups -OCH3 is 1. The number of carbonyl (C=O) groups is 1. The molecule has 0 bridgehead atoms. The number of aryl methyl sites for hydroxylation is 1. The third kappa shape index (κ3) is 3.07. The number of furan rings is 1. The lowest BCUT2D eigenvalue weighted by Gasteiger charge is -2.05. The first-order chi connectivity index (χ1) is 9.10. The lowest BCUT2D eigenvalue weighted by molar-refractivity contribution is -0.255. The Hall–Kier alpha value is -2.43. The normalized spacial score (nSPS) is 10.2. The molecule has 0 atom stereocenters. The van der Waals surface area contributed by atoms with Crippen molar-refractivity contribution in [2.75, 3.05) is 7.11 Å². The van der Waals surface area contributed by atoms with Crippen LogP contribution in [-0.4, -0.2) is 13.1 Å². The molecule has 1 aromatic carbocycles. The number of hydrogen-bond donors (Lipinski definition) is 0. The molecule has 0 saturated heterocycles. The van der Waals surface area contributed by atoms with Crippen molar-refractivity contribution in [3.05, 3.63) is 47.4 Å². The quantitative estimate of drug-likeness (QED) is 0.816. The first-order valence-corrected chi connectivity index (χ1v) is 5.67. The molecule has 0 spiro atoms. The highest BCUT2D eigenvalue weighted by Crippen LogP contribution is 2.20. The average Bonchev–Trinajstić information content (AvgIpc) is 2.78. The zero-order valence-corrected chi connectivity index (χ0v) is 10.6. The molecule has 0 saturated carbocycles. The number of benzene rings is 1. The van der Waals surface area contributed by atoms with Crippen LogP contribution in [0.3, 0.4) is 0 Å². The van der Waals surface area contributed by atoms with E-state index in [1.54, 1.807) is 38.3 Å². The van der Waals surface area contributed by atoms with Crippen molar-refractivity contribution in [3.63, 3.8) is 0 Å². The fourth-order valence-corrected chi connectivity index (χ4v) is 1.64. The number of hydrogen-bond acceptors (Lipinski definition) is 5. The zero-order valence-electron chi connectivity index (χ0n) is 10.6.